The minimum absolute atomic E-state index is 0.0390. The molecule has 0 saturated carbocycles. The topological polar surface area (TPSA) is 63.6 Å². The molecule has 0 aliphatic heterocycles. The average Bonchev–Trinajstić information content (AvgIpc) is 2.90. The molecule has 1 N–H and O–H groups in total. The number of alkyl halides is 6. The lowest BCUT2D eigenvalue weighted by atomic mass is 10.0. The van der Waals surface area contributed by atoms with Crippen molar-refractivity contribution in [3.8, 4) is 0 Å². The second-order valence-electron chi connectivity index (χ2n) is 6.02. The van der Waals surface area contributed by atoms with Crippen LogP contribution in [-0.4, -0.2) is 25.9 Å². The molecule has 5 nitrogen and oxygen atoms in total. The van der Waals surface area contributed by atoms with Gasteiger partial charge >= 0.3 is 12.4 Å². The number of aromatic amines is 1. The molecule has 1 aromatic carbocycles. The van der Waals surface area contributed by atoms with Gasteiger partial charge in [0.2, 0.25) is 0 Å². The number of hydrogen-bond acceptors (Lipinski definition) is 3. The summed E-state index contributed by atoms with van der Waals surface area (Å²) < 4.78 is 77.1. The molecule has 0 unspecified atom stereocenters. The number of aryl methyl sites for hydroxylation is 1. The number of halogens is 6. The standard InChI is InChI=1S/C17H12F6N4O/c1-8(10-3-5-11(6-4-10)17(21,22)23)12-13-14(15(28)25-9(2)24-13)27(26-12)7-16(18,19)20/h3-6H,1,7H2,2H3,(H,24,25,28). The first-order chi connectivity index (χ1) is 12.9. The van der Waals surface area contributed by atoms with Gasteiger partial charge in [-0.05, 0) is 24.6 Å². The number of nitrogens with zero attached hydrogens (tertiary/aromatic N) is 3. The second-order valence-corrected chi connectivity index (χ2v) is 6.02. The first-order valence-corrected chi connectivity index (χ1v) is 7.78. The lowest BCUT2D eigenvalue weighted by Gasteiger charge is -2.08. The Bertz CT molecular complexity index is 1110. The van der Waals surface area contributed by atoms with Crippen LogP contribution in [0.4, 0.5) is 26.3 Å². The van der Waals surface area contributed by atoms with Gasteiger partial charge in [0.1, 0.15) is 23.6 Å². The maximum absolute atomic E-state index is 12.8. The fraction of sp³-hybridized carbons (Fsp3) is 0.235. The van der Waals surface area contributed by atoms with Crippen LogP contribution in [0.2, 0.25) is 0 Å². The van der Waals surface area contributed by atoms with Crippen molar-refractivity contribution >= 4 is 16.6 Å². The van der Waals surface area contributed by atoms with Crippen LogP contribution in [0.1, 0.15) is 22.6 Å². The molecule has 0 saturated heterocycles. The highest BCUT2D eigenvalue weighted by atomic mass is 19.4. The van der Waals surface area contributed by atoms with Crippen LogP contribution in [0, 0.1) is 6.92 Å². The molecule has 0 bridgehead atoms. The minimum atomic E-state index is -4.65. The third-order valence-corrected chi connectivity index (χ3v) is 3.89. The molecule has 0 fully saturated rings. The summed E-state index contributed by atoms with van der Waals surface area (Å²) in [5.41, 5.74) is -2.09. The van der Waals surface area contributed by atoms with E-state index in [0.717, 1.165) is 24.3 Å². The number of fused-ring (bicyclic) bond motifs is 1. The summed E-state index contributed by atoms with van der Waals surface area (Å²) in [4.78, 5) is 18.5. The number of hydrogen-bond donors (Lipinski definition) is 1. The highest BCUT2D eigenvalue weighted by molar-refractivity contribution is 5.91. The third-order valence-electron chi connectivity index (χ3n) is 3.89. The number of benzene rings is 1. The predicted octanol–water partition coefficient (Wildman–Crippen LogP) is 4.07. The van der Waals surface area contributed by atoms with E-state index < -0.39 is 35.5 Å². The summed E-state index contributed by atoms with van der Waals surface area (Å²) >= 11 is 0. The van der Waals surface area contributed by atoms with Gasteiger partial charge in [-0.2, -0.15) is 31.4 Å². The summed E-state index contributed by atoms with van der Waals surface area (Å²) in [6.07, 6.45) is -9.18. The molecule has 28 heavy (non-hydrogen) atoms. The Morgan fingerprint density at radius 2 is 1.75 bits per heavy atom. The molecule has 11 heteroatoms. The van der Waals surface area contributed by atoms with Crippen LogP contribution in [0.5, 0.6) is 0 Å². The van der Waals surface area contributed by atoms with Gasteiger partial charge in [0.25, 0.3) is 5.56 Å². The van der Waals surface area contributed by atoms with Crippen molar-refractivity contribution in [2.45, 2.75) is 25.8 Å². The lowest BCUT2D eigenvalue weighted by Crippen LogP contribution is -2.22. The van der Waals surface area contributed by atoms with Gasteiger partial charge in [-0.1, -0.05) is 18.7 Å². The molecule has 0 amide bonds. The third kappa shape index (κ3) is 3.78. The van der Waals surface area contributed by atoms with Crippen molar-refractivity contribution in [3.63, 3.8) is 0 Å². The van der Waals surface area contributed by atoms with Crippen LogP contribution in [0.25, 0.3) is 16.6 Å². The predicted molar refractivity (Wildman–Crippen MR) is 88.5 cm³/mol. The summed E-state index contributed by atoms with van der Waals surface area (Å²) in [5, 5.41) is 3.82. The summed E-state index contributed by atoms with van der Waals surface area (Å²) in [6.45, 7) is 3.62. The monoisotopic (exact) mass is 402 g/mol. The maximum atomic E-state index is 12.8. The smallest absolute Gasteiger partial charge is 0.309 e. The van der Waals surface area contributed by atoms with Crippen molar-refractivity contribution in [1.82, 2.24) is 19.7 Å². The van der Waals surface area contributed by atoms with Crippen molar-refractivity contribution < 1.29 is 26.3 Å². The molecule has 2 aromatic heterocycles. The highest BCUT2D eigenvalue weighted by Crippen LogP contribution is 2.32. The summed E-state index contributed by atoms with van der Waals surface area (Å²) in [5.74, 6) is 0.144. The lowest BCUT2D eigenvalue weighted by molar-refractivity contribution is -0.142. The molecule has 148 valence electrons. The number of rotatable bonds is 3. The zero-order valence-corrected chi connectivity index (χ0v) is 14.2. The Balaban J connectivity index is 2.14. The number of H-pyrrole nitrogens is 1. The fourth-order valence-electron chi connectivity index (χ4n) is 2.69. The largest absolute Gasteiger partial charge is 0.416 e. The fourth-order valence-corrected chi connectivity index (χ4v) is 2.69. The molecular formula is C17H12F6N4O. The van der Waals surface area contributed by atoms with Crippen LogP contribution >= 0.6 is 0 Å². The van der Waals surface area contributed by atoms with Crippen LogP contribution in [-0.2, 0) is 12.7 Å². The zero-order valence-electron chi connectivity index (χ0n) is 14.2. The van der Waals surface area contributed by atoms with E-state index in [1.54, 1.807) is 0 Å². The van der Waals surface area contributed by atoms with Crippen molar-refractivity contribution in [2.75, 3.05) is 0 Å². The summed E-state index contributed by atoms with van der Waals surface area (Å²) in [7, 11) is 0. The van der Waals surface area contributed by atoms with E-state index in [4.69, 9.17) is 0 Å². The van der Waals surface area contributed by atoms with Gasteiger partial charge < -0.3 is 4.98 Å². The first-order valence-electron chi connectivity index (χ1n) is 7.78. The van der Waals surface area contributed by atoms with E-state index in [-0.39, 0.29) is 28.2 Å². The van der Waals surface area contributed by atoms with E-state index in [9.17, 15) is 31.1 Å². The Kier molecular flexibility index (Phi) is 4.56. The molecule has 2 heterocycles. The van der Waals surface area contributed by atoms with Crippen molar-refractivity contribution in [2.24, 2.45) is 0 Å². The Labute approximate surface area is 153 Å². The van der Waals surface area contributed by atoms with E-state index >= 15 is 0 Å². The van der Waals surface area contributed by atoms with Crippen LogP contribution in [0.3, 0.4) is 0 Å². The highest BCUT2D eigenvalue weighted by Gasteiger charge is 2.32. The maximum Gasteiger partial charge on any atom is 0.416 e. The van der Waals surface area contributed by atoms with Gasteiger partial charge in [0.15, 0.2) is 5.52 Å². The normalized spacial score (nSPS) is 12.5. The molecule has 0 aliphatic rings. The Morgan fingerprint density at radius 1 is 1.14 bits per heavy atom. The van der Waals surface area contributed by atoms with E-state index in [1.807, 2.05) is 0 Å². The summed E-state index contributed by atoms with van der Waals surface area (Å²) in [6, 6.07) is 3.89. The van der Waals surface area contributed by atoms with Crippen LogP contribution < -0.4 is 5.56 Å². The quantitative estimate of drug-likeness (QED) is 0.672. The molecule has 0 radical (unpaired) electrons. The molecule has 3 rings (SSSR count). The van der Waals surface area contributed by atoms with Gasteiger partial charge in [-0.25, -0.2) is 9.67 Å². The first kappa shape index (κ1) is 19.6. The SMILES string of the molecule is C=C(c1ccc(C(F)(F)F)cc1)c1nn(CC(F)(F)F)c2c(=O)[nH]c(C)nc12. The Hall–Kier alpha value is -3.11. The van der Waals surface area contributed by atoms with E-state index in [1.165, 1.54) is 6.92 Å². The van der Waals surface area contributed by atoms with Gasteiger partial charge in [-0.3, -0.25) is 4.79 Å². The molecule has 0 atom stereocenters. The second kappa shape index (κ2) is 6.50. The zero-order chi connectivity index (χ0) is 20.9. The van der Waals surface area contributed by atoms with E-state index in [2.05, 4.69) is 21.6 Å². The van der Waals surface area contributed by atoms with Crippen molar-refractivity contribution in [1.29, 1.82) is 0 Å². The molecule has 0 aliphatic carbocycles. The average molecular weight is 402 g/mol. The van der Waals surface area contributed by atoms with E-state index in [0.29, 0.717) is 4.68 Å². The van der Waals surface area contributed by atoms with Crippen molar-refractivity contribution in [3.05, 3.63) is 63.8 Å². The Morgan fingerprint density at radius 3 is 2.29 bits per heavy atom. The molecular weight excluding hydrogens is 390 g/mol. The molecule has 3 aromatic rings. The minimum Gasteiger partial charge on any atom is -0.309 e. The van der Waals surface area contributed by atoms with Gasteiger partial charge in [0, 0.05) is 5.57 Å². The molecule has 0 spiro atoms. The van der Waals surface area contributed by atoms with Crippen LogP contribution in [0.15, 0.2) is 35.6 Å². The number of nitrogens with one attached hydrogen (secondary N) is 1. The van der Waals surface area contributed by atoms with Gasteiger partial charge in [-0.15, -0.1) is 0 Å². The van der Waals surface area contributed by atoms with Gasteiger partial charge in [0.05, 0.1) is 5.56 Å². The number of aromatic nitrogens is 4.